The van der Waals surface area contributed by atoms with Gasteiger partial charge in [0.25, 0.3) is 0 Å². The zero-order valence-corrected chi connectivity index (χ0v) is 15.5. The number of ketones is 1. The van der Waals surface area contributed by atoms with Crippen LogP contribution in [0.1, 0.15) is 37.0 Å². The van der Waals surface area contributed by atoms with Gasteiger partial charge >= 0.3 is 5.97 Å². The molecule has 1 saturated carbocycles. The van der Waals surface area contributed by atoms with Crippen LogP contribution in [0, 0.1) is 27.9 Å². The van der Waals surface area contributed by atoms with Gasteiger partial charge in [-0.15, -0.1) is 0 Å². The van der Waals surface area contributed by atoms with Gasteiger partial charge in [-0.1, -0.05) is 55.5 Å². The third kappa shape index (κ3) is 3.19. The lowest BCUT2D eigenvalue weighted by Gasteiger charge is -2.19. The Hall–Kier alpha value is -3.02. The van der Waals surface area contributed by atoms with E-state index >= 15 is 0 Å². The molecule has 6 heteroatoms. The van der Waals surface area contributed by atoms with Gasteiger partial charge in [-0.2, -0.15) is 0 Å². The number of Topliss-reactive ketones (excluding diaryl/α,β-unsaturated/α-hetero) is 1. The van der Waals surface area contributed by atoms with Crippen molar-refractivity contribution in [1.29, 1.82) is 0 Å². The molecule has 0 heterocycles. The van der Waals surface area contributed by atoms with Gasteiger partial charge < -0.3 is 4.74 Å². The van der Waals surface area contributed by atoms with Crippen molar-refractivity contribution in [2.75, 3.05) is 6.54 Å². The second-order valence-electron chi connectivity index (χ2n) is 7.68. The number of carbonyl (C=O) groups excluding carboxylic acids is 2. The first-order valence-electron chi connectivity index (χ1n) is 9.48. The Labute approximate surface area is 162 Å². The van der Waals surface area contributed by atoms with Gasteiger partial charge in [0.1, 0.15) is 5.78 Å². The summed E-state index contributed by atoms with van der Waals surface area (Å²) in [4.78, 5) is 35.6. The third-order valence-electron chi connectivity index (χ3n) is 5.96. The maximum Gasteiger partial charge on any atom is 0.307 e. The number of carbonyl (C=O) groups is 2. The first kappa shape index (κ1) is 18.3. The number of esters is 1. The van der Waals surface area contributed by atoms with Gasteiger partial charge in [-0.05, 0) is 17.0 Å². The minimum Gasteiger partial charge on any atom is -0.452 e. The first-order valence-corrected chi connectivity index (χ1v) is 9.48. The van der Waals surface area contributed by atoms with Gasteiger partial charge in [-0.25, -0.2) is 0 Å². The van der Waals surface area contributed by atoms with Crippen LogP contribution in [-0.2, 0) is 14.3 Å². The molecule has 28 heavy (non-hydrogen) atoms. The normalized spacial score (nSPS) is 23.3. The molecule has 1 fully saturated rings. The predicted molar refractivity (Wildman–Crippen MR) is 102 cm³/mol. The van der Waals surface area contributed by atoms with Crippen LogP contribution in [-0.4, -0.2) is 23.2 Å². The van der Waals surface area contributed by atoms with Gasteiger partial charge in [0.15, 0.2) is 6.10 Å². The standard InChI is InChI=1S/C22H21NO5/c1-13-10-20(24)18(19(13)12-23(26)27)11-21(25)28-22-16-8-4-2-6-14(16)15-7-3-5-9-17(15)22/h2-9,13,18-19,22H,10-12H2,1H3/t13-,18-,19+/m0/s1. The van der Waals surface area contributed by atoms with E-state index in [1.165, 1.54) is 0 Å². The average molecular weight is 379 g/mol. The molecular formula is C22H21NO5. The largest absolute Gasteiger partial charge is 0.452 e. The summed E-state index contributed by atoms with van der Waals surface area (Å²) >= 11 is 0. The fraction of sp³-hybridized carbons (Fsp3) is 0.364. The summed E-state index contributed by atoms with van der Waals surface area (Å²) in [5, 5.41) is 11.0. The van der Waals surface area contributed by atoms with Crippen LogP contribution in [0.3, 0.4) is 0 Å². The molecule has 0 amide bonds. The Bertz CT molecular complexity index is 908. The van der Waals surface area contributed by atoms with Crippen LogP contribution in [0.4, 0.5) is 0 Å². The molecule has 0 spiro atoms. The van der Waals surface area contributed by atoms with Gasteiger partial charge in [-0.3, -0.25) is 19.7 Å². The molecule has 2 aliphatic rings. The number of rotatable bonds is 5. The fourth-order valence-corrected chi connectivity index (χ4v) is 4.60. The molecule has 0 bridgehead atoms. The second-order valence-corrected chi connectivity index (χ2v) is 7.68. The summed E-state index contributed by atoms with van der Waals surface area (Å²) in [7, 11) is 0. The van der Waals surface area contributed by atoms with Gasteiger partial charge in [0, 0.05) is 34.3 Å². The molecule has 0 saturated heterocycles. The summed E-state index contributed by atoms with van der Waals surface area (Å²) in [5.74, 6) is -1.72. The van der Waals surface area contributed by atoms with Crippen molar-refractivity contribution >= 4 is 11.8 Å². The van der Waals surface area contributed by atoms with E-state index < -0.39 is 28.8 Å². The van der Waals surface area contributed by atoms with E-state index in [0.29, 0.717) is 0 Å². The maximum atomic E-state index is 12.7. The van der Waals surface area contributed by atoms with Gasteiger partial charge in [0.05, 0.1) is 6.42 Å². The maximum absolute atomic E-state index is 12.7. The lowest BCUT2D eigenvalue weighted by atomic mass is 9.88. The Kier molecular flexibility index (Phi) is 4.71. The SMILES string of the molecule is C[C@H]1CC(=O)[C@@H](CC(=O)OC2c3ccccc3-c3ccccc32)[C@@H]1C[N+](=O)[O-]. The smallest absolute Gasteiger partial charge is 0.307 e. The quantitative estimate of drug-likeness (QED) is 0.448. The van der Waals surface area contributed by atoms with Crippen LogP contribution in [0.15, 0.2) is 48.5 Å². The molecule has 144 valence electrons. The molecule has 0 unspecified atom stereocenters. The van der Waals surface area contributed by atoms with E-state index in [1.807, 2.05) is 55.5 Å². The molecule has 6 nitrogen and oxygen atoms in total. The summed E-state index contributed by atoms with van der Waals surface area (Å²) in [5.41, 5.74) is 3.91. The third-order valence-corrected chi connectivity index (χ3v) is 5.96. The Morgan fingerprint density at radius 2 is 1.68 bits per heavy atom. The molecule has 2 aromatic rings. The summed E-state index contributed by atoms with van der Waals surface area (Å²) in [6.45, 7) is 1.54. The number of hydrogen-bond donors (Lipinski definition) is 0. The molecular weight excluding hydrogens is 358 g/mol. The minimum absolute atomic E-state index is 0.0801. The minimum atomic E-state index is -0.639. The molecule has 4 rings (SSSR count). The molecule has 3 atom stereocenters. The van der Waals surface area contributed by atoms with Crippen molar-refractivity contribution in [2.45, 2.75) is 25.9 Å². The zero-order valence-electron chi connectivity index (χ0n) is 15.5. The average Bonchev–Trinajstić information content (AvgIpc) is 3.11. The van der Waals surface area contributed by atoms with E-state index in [9.17, 15) is 19.7 Å². The van der Waals surface area contributed by atoms with Crippen molar-refractivity contribution in [3.63, 3.8) is 0 Å². The molecule has 2 aromatic carbocycles. The number of ether oxygens (including phenoxy) is 1. The van der Waals surface area contributed by atoms with Gasteiger partial charge in [0.2, 0.25) is 6.54 Å². The predicted octanol–water partition coefficient (Wildman–Crippen LogP) is 3.81. The highest BCUT2D eigenvalue weighted by Crippen LogP contribution is 2.45. The lowest BCUT2D eigenvalue weighted by molar-refractivity contribution is -0.490. The number of nitro groups is 1. The van der Waals surface area contributed by atoms with E-state index in [0.717, 1.165) is 22.3 Å². The van der Waals surface area contributed by atoms with Crippen LogP contribution in [0.5, 0.6) is 0 Å². The van der Waals surface area contributed by atoms with Crippen LogP contribution in [0.2, 0.25) is 0 Å². The first-order chi connectivity index (χ1) is 13.5. The fourth-order valence-electron chi connectivity index (χ4n) is 4.60. The number of hydrogen-bond acceptors (Lipinski definition) is 5. The number of benzene rings is 2. The van der Waals surface area contributed by atoms with Crippen LogP contribution < -0.4 is 0 Å². The van der Waals surface area contributed by atoms with E-state index in [-0.39, 0.29) is 31.1 Å². The highest BCUT2D eigenvalue weighted by molar-refractivity contribution is 5.88. The summed E-state index contributed by atoms with van der Waals surface area (Å²) in [6.07, 6.45) is -0.337. The second kappa shape index (κ2) is 7.19. The highest BCUT2D eigenvalue weighted by atomic mass is 16.6. The number of fused-ring (bicyclic) bond motifs is 3. The Balaban J connectivity index is 1.54. The van der Waals surface area contributed by atoms with Crippen molar-refractivity contribution in [3.8, 4) is 11.1 Å². The van der Waals surface area contributed by atoms with E-state index in [2.05, 4.69) is 0 Å². The van der Waals surface area contributed by atoms with E-state index in [4.69, 9.17) is 4.74 Å². The summed E-state index contributed by atoms with van der Waals surface area (Å²) in [6, 6.07) is 15.6. The van der Waals surface area contributed by atoms with Crippen molar-refractivity contribution < 1.29 is 19.2 Å². The molecule has 0 radical (unpaired) electrons. The zero-order chi connectivity index (χ0) is 19.8. The Morgan fingerprint density at radius 3 is 2.25 bits per heavy atom. The molecule has 0 aromatic heterocycles. The lowest BCUT2D eigenvalue weighted by Crippen LogP contribution is -2.27. The molecule has 2 aliphatic carbocycles. The van der Waals surface area contributed by atoms with Crippen molar-refractivity contribution in [2.24, 2.45) is 17.8 Å². The van der Waals surface area contributed by atoms with E-state index in [1.54, 1.807) is 0 Å². The van der Waals surface area contributed by atoms with Crippen molar-refractivity contribution in [3.05, 3.63) is 69.8 Å². The highest BCUT2D eigenvalue weighted by Gasteiger charge is 2.44. The van der Waals surface area contributed by atoms with Crippen LogP contribution in [0.25, 0.3) is 11.1 Å². The van der Waals surface area contributed by atoms with Crippen LogP contribution >= 0.6 is 0 Å². The summed E-state index contributed by atoms with van der Waals surface area (Å²) < 4.78 is 5.80. The number of nitrogens with zero attached hydrogens (tertiary/aromatic N) is 1. The molecule has 0 N–H and O–H groups in total. The van der Waals surface area contributed by atoms with Crippen molar-refractivity contribution in [1.82, 2.24) is 0 Å². The topological polar surface area (TPSA) is 86.5 Å². The Morgan fingerprint density at radius 1 is 1.11 bits per heavy atom. The monoisotopic (exact) mass is 379 g/mol. The molecule has 0 aliphatic heterocycles.